The van der Waals surface area contributed by atoms with Crippen molar-refractivity contribution in [3.05, 3.63) is 29.8 Å². The topological polar surface area (TPSA) is 21.7 Å². The van der Waals surface area contributed by atoms with Gasteiger partial charge in [0.15, 0.2) is 0 Å². The van der Waals surface area contributed by atoms with Gasteiger partial charge in [-0.25, -0.2) is 0 Å². The third kappa shape index (κ3) is 1.73. The molecule has 0 saturated carbocycles. The van der Waals surface area contributed by atoms with Crippen LogP contribution < -0.4 is 5.06 Å². The number of fused-ring (bicyclic) bond motifs is 1. The van der Waals surface area contributed by atoms with Gasteiger partial charge in [-0.3, -0.25) is 9.90 Å². The molecule has 0 amide bonds. The molecule has 1 atom stereocenters. The van der Waals surface area contributed by atoms with Crippen molar-refractivity contribution in [3.63, 3.8) is 0 Å². The van der Waals surface area contributed by atoms with Crippen LogP contribution in [0.4, 0.5) is 5.69 Å². The summed E-state index contributed by atoms with van der Waals surface area (Å²) >= 11 is 0. The molecule has 2 aliphatic rings. The van der Waals surface area contributed by atoms with Gasteiger partial charge < -0.3 is 4.74 Å². The zero-order valence-corrected chi connectivity index (χ0v) is 8.69. The quantitative estimate of drug-likeness (QED) is 0.734. The second-order valence-corrected chi connectivity index (χ2v) is 4.07. The first-order valence-corrected chi connectivity index (χ1v) is 5.53. The first-order valence-electron chi connectivity index (χ1n) is 5.53. The summed E-state index contributed by atoms with van der Waals surface area (Å²) in [5, 5.41) is 2.02. The van der Waals surface area contributed by atoms with Gasteiger partial charge >= 0.3 is 0 Å². The Morgan fingerprint density at radius 1 is 1.33 bits per heavy atom. The number of anilines is 1. The summed E-state index contributed by atoms with van der Waals surface area (Å²) in [5.74, 6) is 0. The fourth-order valence-corrected chi connectivity index (χ4v) is 2.19. The molecule has 3 heteroatoms. The van der Waals surface area contributed by atoms with Crippen LogP contribution in [0.3, 0.4) is 0 Å². The van der Waals surface area contributed by atoms with E-state index in [1.807, 2.05) is 5.06 Å². The fourth-order valence-electron chi connectivity index (χ4n) is 2.19. The minimum Gasteiger partial charge on any atom is -0.379 e. The van der Waals surface area contributed by atoms with E-state index in [2.05, 4.69) is 24.3 Å². The Labute approximate surface area is 89.6 Å². The zero-order valence-electron chi connectivity index (χ0n) is 8.69. The van der Waals surface area contributed by atoms with Crippen LogP contribution in [-0.2, 0) is 16.0 Å². The summed E-state index contributed by atoms with van der Waals surface area (Å²) in [6.07, 6.45) is 2.35. The first kappa shape index (κ1) is 9.19. The van der Waals surface area contributed by atoms with Crippen molar-refractivity contribution >= 4 is 5.69 Å². The van der Waals surface area contributed by atoms with Crippen molar-refractivity contribution in [2.45, 2.75) is 18.9 Å². The molecule has 0 radical (unpaired) electrons. The number of hydrogen-bond acceptors (Lipinski definition) is 3. The molecule has 1 saturated heterocycles. The smallest absolute Gasteiger partial charge is 0.111 e. The van der Waals surface area contributed by atoms with Gasteiger partial charge in [-0.15, -0.1) is 0 Å². The Morgan fingerprint density at radius 3 is 3.13 bits per heavy atom. The molecular formula is C12H15NO2. The van der Waals surface area contributed by atoms with Crippen molar-refractivity contribution < 1.29 is 9.57 Å². The molecule has 3 nitrogen and oxygen atoms in total. The lowest BCUT2D eigenvalue weighted by Gasteiger charge is -2.22. The van der Waals surface area contributed by atoms with Gasteiger partial charge in [0.2, 0.25) is 0 Å². The highest BCUT2D eigenvalue weighted by molar-refractivity contribution is 5.55. The lowest BCUT2D eigenvalue weighted by atomic mass is 10.2. The molecule has 1 aromatic carbocycles. The molecule has 0 bridgehead atoms. The number of hydroxylamine groups is 1. The van der Waals surface area contributed by atoms with E-state index in [1.54, 1.807) is 0 Å². The molecule has 80 valence electrons. The summed E-state index contributed by atoms with van der Waals surface area (Å²) in [6.45, 7) is 2.54. The van der Waals surface area contributed by atoms with Gasteiger partial charge in [-0.2, -0.15) is 0 Å². The molecule has 0 N–H and O–H groups in total. The molecule has 0 aliphatic carbocycles. The summed E-state index contributed by atoms with van der Waals surface area (Å²) in [5.41, 5.74) is 2.61. The molecule has 15 heavy (non-hydrogen) atoms. The standard InChI is InChI=1S/C12H15NO2/c1-2-4-12-10(3-1)5-7-13(12)15-11-6-8-14-9-11/h1-4,11H,5-9H2/t11-/m1/s1. The van der Waals surface area contributed by atoms with E-state index >= 15 is 0 Å². The Kier molecular flexibility index (Phi) is 2.35. The summed E-state index contributed by atoms with van der Waals surface area (Å²) < 4.78 is 5.30. The Bertz CT molecular complexity index is 347. The lowest BCUT2D eigenvalue weighted by molar-refractivity contribution is 0.0279. The van der Waals surface area contributed by atoms with E-state index in [-0.39, 0.29) is 6.10 Å². The van der Waals surface area contributed by atoms with Crippen LogP contribution >= 0.6 is 0 Å². The number of para-hydroxylation sites is 1. The van der Waals surface area contributed by atoms with Gasteiger partial charge in [0, 0.05) is 19.6 Å². The van der Waals surface area contributed by atoms with E-state index in [9.17, 15) is 0 Å². The number of hydrogen-bond donors (Lipinski definition) is 0. The average Bonchev–Trinajstić information content (AvgIpc) is 2.89. The van der Waals surface area contributed by atoms with Crippen LogP contribution in [0, 0.1) is 0 Å². The highest BCUT2D eigenvalue weighted by Gasteiger charge is 2.24. The largest absolute Gasteiger partial charge is 0.379 e. The predicted molar refractivity (Wildman–Crippen MR) is 57.8 cm³/mol. The van der Waals surface area contributed by atoms with Crippen LogP contribution in [0.15, 0.2) is 24.3 Å². The molecule has 1 aromatic rings. The highest BCUT2D eigenvalue weighted by atomic mass is 16.7. The number of nitrogens with zero attached hydrogens (tertiary/aromatic N) is 1. The summed E-state index contributed by atoms with van der Waals surface area (Å²) in [7, 11) is 0. The predicted octanol–water partition coefficient (Wildman–Crippen LogP) is 1.77. The lowest BCUT2D eigenvalue weighted by Crippen LogP contribution is -2.28. The van der Waals surface area contributed by atoms with E-state index in [1.165, 1.54) is 11.3 Å². The molecule has 0 spiro atoms. The maximum Gasteiger partial charge on any atom is 0.111 e. The Hall–Kier alpha value is -1.06. The van der Waals surface area contributed by atoms with Gasteiger partial charge in [0.25, 0.3) is 0 Å². The third-order valence-corrected chi connectivity index (χ3v) is 3.01. The van der Waals surface area contributed by atoms with Crippen LogP contribution in [-0.4, -0.2) is 25.9 Å². The molecule has 3 rings (SSSR count). The minimum atomic E-state index is 0.246. The maximum atomic E-state index is 5.91. The summed E-state index contributed by atoms with van der Waals surface area (Å²) in [4.78, 5) is 5.91. The normalized spacial score (nSPS) is 24.5. The van der Waals surface area contributed by atoms with Crippen molar-refractivity contribution in [1.29, 1.82) is 0 Å². The van der Waals surface area contributed by atoms with Crippen LogP contribution in [0.2, 0.25) is 0 Å². The number of benzene rings is 1. The molecule has 2 heterocycles. The van der Waals surface area contributed by atoms with E-state index in [4.69, 9.17) is 9.57 Å². The van der Waals surface area contributed by atoms with Crippen LogP contribution in [0.5, 0.6) is 0 Å². The Balaban J connectivity index is 1.73. The summed E-state index contributed by atoms with van der Waals surface area (Å²) in [6, 6.07) is 8.44. The minimum absolute atomic E-state index is 0.246. The molecular weight excluding hydrogens is 190 g/mol. The fraction of sp³-hybridized carbons (Fsp3) is 0.500. The maximum absolute atomic E-state index is 5.91. The van der Waals surface area contributed by atoms with Gasteiger partial charge in [0.1, 0.15) is 6.10 Å². The second-order valence-electron chi connectivity index (χ2n) is 4.07. The molecule has 0 unspecified atom stereocenters. The SMILES string of the molecule is c1ccc2c(c1)CCN2O[C@@H]1CCOC1. The third-order valence-electron chi connectivity index (χ3n) is 3.01. The highest BCUT2D eigenvalue weighted by Crippen LogP contribution is 2.28. The van der Waals surface area contributed by atoms with Crippen LogP contribution in [0.1, 0.15) is 12.0 Å². The number of rotatable bonds is 2. The van der Waals surface area contributed by atoms with Crippen molar-refractivity contribution in [2.75, 3.05) is 24.8 Å². The van der Waals surface area contributed by atoms with Gasteiger partial charge in [-0.1, -0.05) is 18.2 Å². The second kappa shape index (κ2) is 3.83. The van der Waals surface area contributed by atoms with Crippen molar-refractivity contribution in [2.24, 2.45) is 0 Å². The molecule has 0 aromatic heterocycles. The number of ether oxygens (including phenoxy) is 1. The monoisotopic (exact) mass is 205 g/mol. The average molecular weight is 205 g/mol. The first-order chi connectivity index (χ1) is 7.43. The van der Waals surface area contributed by atoms with E-state index in [0.29, 0.717) is 0 Å². The van der Waals surface area contributed by atoms with Gasteiger partial charge in [0.05, 0.1) is 12.3 Å². The van der Waals surface area contributed by atoms with Crippen molar-refractivity contribution in [3.8, 4) is 0 Å². The Morgan fingerprint density at radius 2 is 2.27 bits per heavy atom. The van der Waals surface area contributed by atoms with E-state index in [0.717, 1.165) is 32.6 Å². The van der Waals surface area contributed by atoms with Crippen LogP contribution in [0.25, 0.3) is 0 Å². The van der Waals surface area contributed by atoms with Crippen molar-refractivity contribution in [1.82, 2.24) is 0 Å². The van der Waals surface area contributed by atoms with E-state index < -0.39 is 0 Å². The molecule has 1 fully saturated rings. The molecule has 2 aliphatic heterocycles. The van der Waals surface area contributed by atoms with Gasteiger partial charge in [-0.05, 0) is 18.1 Å². The zero-order chi connectivity index (χ0) is 10.1.